The number of aromatic nitrogens is 2. The van der Waals surface area contributed by atoms with E-state index >= 15 is 0 Å². The topological polar surface area (TPSA) is 98.5 Å². The molecule has 1 unspecified atom stereocenters. The molecule has 0 spiro atoms. The van der Waals surface area contributed by atoms with Crippen molar-refractivity contribution in [3.8, 4) is 6.01 Å². The average Bonchev–Trinajstić information content (AvgIpc) is 2.63. The second-order valence-electron chi connectivity index (χ2n) is 6.02. The molecule has 2 aromatic rings. The van der Waals surface area contributed by atoms with Crippen LogP contribution in [0.1, 0.15) is 28.8 Å². The molecule has 9 heteroatoms. The molecule has 1 aromatic heterocycles. The fourth-order valence-corrected chi connectivity index (χ4v) is 3.05. The quantitative estimate of drug-likeness (QED) is 0.600. The summed E-state index contributed by atoms with van der Waals surface area (Å²) in [5.74, 6) is -0.239. The highest BCUT2D eigenvalue weighted by molar-refractivity contribution is 6.30. The lowest BCUT2D eigenvalue weighted by molar-refractivity contribution is -0.385. The Labute approximate surface area is 154 Å². The second-order valence-corrected chi connectivity index (χ2v) is 6.46. The van der Waals surface area contributed by atoms with Crippen molar-refractivity contribution in [2.24, 2.45) is 0 Å². The number of nitro groups is 1. The number of nitrogens with zero attached hydrogens (tertiary/aromatic N) is 4. The number of halogens is 1. The molecule has 3 rings (SSSR count). The van der Waals surface area contributed by atoms with Gasteiger partial charge in [0, 0.05) is 23.7 Å². The van der Waals surface area contributed by atoms with Gasteiger partial charge < -0.3 is 9.64 Å². The summed E-state index contributed by atoms with van der Waals surface area (Å²) in [4.78, 5) is 33.1. The van der Waals surface area contributed by atoms with Crippen LogP contribution in [0.2, 0.25) is 5.02 Å². The number of nitro benzene ring substituents is 1. The van der Waals surface area contributed by atoms with Crippen molar-refractivity contribution < 1.29 is 14.5 Å². The Morgan fingerprint density at radius 3 is 2.81 bits per heavy atom. The van der Waals surface area contributed by atoms with Gasteiger partial charge in [0.05, 0.1) is 28.9 Å². The van der Waals surface area contributed by atoms with Gasteiger partial charge in [-0.3, -0.25) is 14.9 Å². The van der Waals surface area contributed by atoms with Crippen LogP contribution in [0.15, 0.2) is 30.6 Å². The van der Waals surface area contributed by atoms with Gasteiger partial charge in [-0.05, 0) is 25.8 Å². The molecule has 8 nitrogen and oxygen atoms in total. The molecule has 0 N–H and O–H groups in total. The molecule has 0 radical (unpaired) electrons. The van der Waals surface area contributed by atoms with Crippen molar-refractivity contribution in [1.82, 2.24) is 14.9 Å². The van der Waals surface area contributed by atoms with E-state index in [0.717, 1.165) is 12.8 Å². The molecule has 1 aliphatic heterocycles. The van der Waals surface area contributed by atoms with E-state index in [0.29, 0.717) is 29.2 Å². The first-order chi connectivity index (χ1) is 12.5. The number of hydrogen-bond donors (Lipinski definition) is 0. The maximum atomic E-state index is 12.8. The van der Waals surface area contributed by atoms with E-state index in [1.165, 1.54) is 24.5 Å². The lowest BCUT2D eigenvalue weighted by atomic mass is 10.0. The first-order valence-corrected chi connectivity index (χ1v) is 8.51. The predicted octanol–water partition coefficient (Wildman–Crippen LogP) is 3.03. The van der Waals surface area contributed by atoms with Gasteiger partial charge >= 0.3 is 6.01 Å². The molecule has 1 saturated heterocycles. The first kappa shape index (κ1) is 18.1. The van der Waals surface area contributed by atoms with Crippen molar-refractivity contribution in [2.75, 3.05) is 13.1 Å². The monoisotopic (exact) mass is 376 g/mol. The Bertz CT molecular complexity index is 828. The Morgan fingerprint density at radius 1 is 1.38 bits per heavy atom. The zero-order valence-electron chi connectivity index (χ0n) is 14.1. The summed E-state index contributed by atoms with van der Waals surface area (Å²) >= 11 is 5.76. The number of rotatable bonds is 4. The molecule has 2 heterocycles. The van der Waals surface area contributed by atoms with Crippen LogP contribution in [0.4, 0.5) is 5.69 Å². The third-order valence-electron chi connectivity index (χ3n) is 4.27. The van der Waals surface area contributed by atoms with Gasteiger partial charge in [-0.2, -0.15) is 0 Å². The first-order valence-electron chi connectivity index (χ1n) is 8.13. The van der Waals surface area contributed by atoms with Crippen molar-refractivity contribution in [3.63, 3.8) is 0 Å². The third kappa shape index (κ3) is 3.91. The average molecular weight is 377 g/mol. The molecule has 1 fully saturated rings. The van der Waals surface area contributed by atoms with E-state index < -0.39 is 4.92 Å². The summed E-state index contributed by atoms with van der Waals surface area (Å²) in [5, 5.41) is 11.5. The van der Waals surface area contributed by atoms with Crippen LogP contribution < -0.4 is 4.74 Å². The largest absolute Gasteiger partial charge is 0.458 e. The molecule has 1 amide bonds. The van der Waals surface area contributed by atoms with Crippen molar-refractivity contribution in [2.45, 2.75) is 25.9 Å². The van der Waals surface area contributed by atoms with Crippen LogP contribution in [-0.2, 0) is 0 Å². The van der Waals surface area contributed by atoms with Crippen LogP contribution in [0, 0.1) is 17.0 Å². The molecule has 0 bridgehead atoms. The summed E-state index contributed by atoms with van der Waals surface area (Å²) in [6.45, 7) is 2.53. The number of likely N-dealkylation sites (tertiary alicyclic amines) is 1. The number of hydrogen-bond acceptors (Lipinski definition) is 6. The fourth-order valence-electron chi connectivity index (χ4n) is 2.95. The van der Waals surface area contributed by atoms with Crippen LogP contribution in [0.3, 0.4) is 0 Å². The summed E-state index contributed by atoms with van der Waals surface area (Å²) < 4.78 is 5.74. The van der Waals surface area contributed by atoms with E-state index in [9.17, 15) is 14.9 Å². The van der Waals surface area contributed by atoms with Gasteiger partial charge in [-0.1, -0.05) is 17.7 Å². The minimum absolute atomic E-state index is 0.0600. The molecule has 26 heavy (non-hydrogen) atoms. The Morgan fingerprint density at radius 2 is 2.12 bits per heavy atom. The van der Waals surface area contributed by atoms with Crippen LogP contribution >= 0.6 is 11.6 Å². The van der Waals surface area contributed by atoms with Crippen molar-refractivity contribution >= 4 is 23.2 Å². The van der Waals surface area contributed by atoms with Gasteiger partial charge in [-0.25, -0.2) is 9.97 Å². The summed E-state index contributed by atoms with van der Waals surface area (Å²) in [6, 6.07) is 4.74. The zero-order chi connectivity index (χ0) is 18.7. The van der Waals surface area contributed by atoms with Crippen LogP contribution in [0.5, 0.6) is 6.01 Å². The number of carbonyl (C=O) groups excluding carboxylic acids is 1. The molecular weight excluding hydrogens is 360 g/mol. The minimum atomic E-state index is -0.480. The van der Waals surface area contributed by atoms with Crippen molar-refractivity contribution in [1.29, 1.82) is 0 Å². The van der Waals surface area contributed by atoms with Crippen LogP contribution in [-0.4, -0.2) is 44.9 Å². The number of amides is 1. The molecule has 136 valence electrons. The fraction of sp³-hybridized carbons (Fsp3) is 0.353. The van der Waals surface area contributed by atoms with Gasteiger partial charge in [0.15, 0.2) is 0 Å². The highest BCUT2D eigenvalue weighted by Crippen LogP contribution is 2.24. The van der Waals surface area contributed by atoms with Gasteiger partial charge in [-0.15, -0.1) is 0 Å². The Hall–Kier alpha value is -2.74. The smallest absolute Gasteiger partial charge is 0.316 e. The summed E-state index contributed by atoms with van der Waals surface area (Å²) in [6.07, 6.45) is 4.18. The van der Waals surface area contributed by atoms with E-state index in [2.05, 4.69) is 9.97 Å². The van der Waals surface area contributed by atoms with Crippen LogP contribution in [0.25, 0.3) is 0 Å². The second kappa shape index (κ2) is 7.65. The van der Waals surface area contributed by atoms with Gasteiger partial charge in [0.2, 0.25) is 0 Å². The summed E-state index contributed by atoms with van der Waals surface area (Å²) in [5.41, 5.74) is 0.643. The normalized spacial score (nSPS) is 17.0. The highest BCUT2D eigenvalue weighted by atomic mass is 35.5. The van der Waals surface area contributed by atoms with E-state index in [-0.39, 0.29) is 23.7 Å². The van der Waals surface area contributed by atoms with Gasteiger partial charge in [0.1, 0.15) is 6.10 Å². The standard InChI is InChI=1S/C17H17ClN4O4/c1-11-14(5-2-6-15(11)22(24)25)16(23)21-7-3-4-13(10-21)26-17-19-8-12(18)9-20-17/h2,5-6,8-9,13H,3-4,7,10H2,1H3. The maximum absolute atomic E-state index is 12.8. The lowest BCUT2D eigenvalue weighted by Gasteiger charge is -2.32. The van der Waals surface area contributed by atoms with E-state index in [1.807, 2.05) is 0 Å². The molecule has 1 aromatic carbocycles. The third-order valence-corrected chi connectivity index (χ3v) is 4.46. The Balaban J connectivity index is 1.73. The van der Waals surface area contributed by atoms with E-state index in [4.69, 9.17) is 16.3 Å². The van der Waals surface area contributed by atoms with Crippen molar-refractivity contribution in [3.05, 3.63) is 56.9 Å². The number of carbonyl (C=O) groups is 1. The molecular formula is C17H17ClN4O4. The lowest BCUT2D eigenvalue weighted by Crippen LogP contribution is -2.44. The zero-order valence-corrected chi connectivity index (χ0v) is 14.8. The molecule has 1 aliphatic rings. The van der Waals surface area contributed by atoms with E-state index in [1.54, 1.807) is 17.9 Å². The number of piperidine rings is 1. The minimum Gasteiger partial charge on any atom is -0.458 e. The molecule has 0 saturated carbocycles. The van der Waals surface area contributed by atoms with Gasteiger partial charge in [0.25, 0.3) is 11.6 Å². The SMILES string of the molecule is Cc1c(C(=O)N2CCCC(Oc3ncc(Cl)cn3)C2)cccc1[N+](=O)[O-]. The number of ether oxygens (including phenoxy) is 1. The predicted molar refractivity (Wildman–Crippen MR) is 94.4 cm³/mol. The maximum Gasteiger partial charge on any atom is 0.316 e. The molecule has 1 atom stereocenters. The molecule has 0 aliphatic carbocycles. The Kier molecular flexibility index (Phi) is 5.32. The summed E-state index contributed by atoms with van der Waals surface area (Å²) in [7, 11) is 0. The highest BCUT2D eigenvalue weighted by Gasteiger charge is 2.28. The number of benzene rings is 1.